The summed E-state index contributed by atoms with van der Waals surface area (Å²) in [5.41, 5.74) is 1.70. The van der Waals surface area contributed by atoms with E-state index in [1.165, 1.54) is 0 Å². The van der Waals surface area contributed by atoms with Gasteiger partial charge in [0.1, 0.15) is 24.7 Å². The summed E-state index contributed by atoms with van der Waals surface area (Å²) in [6.07, 6.45) is 3.76. The van der Waals surface area contributed by atoms with Crippen molar-refractivity contribution in [3.05, 3.63) is 28.9 Å². The molecule has 34 heavy (non-hydrogen) atoms. The topological polar surface area (TPSA) is 114 Å². The summed E-state index contributed by atoms with van der Waals surface area (Å²) < 4.78 is 17.2. The van der Waals surface area contributed by atoms with E-state index in [0.717, 1.165) is 24.8 Å². The third-order valence-corrected chi connectivity index (χ3v) is 6.07. The number of unbranched alkanes of at least 4 members (excludes halogenated alkanes) is 1. The van der Waals surface area contributed by atoms with Crippen LogP contribution in [0.25, 0.3) is 11.0 Å². The molecule has 3 aromatic rings. The van der Waals surface area contributed by atoms with Gasteiger partial charge in [0.2, 0.25) is 5.95 Å². The van der Waals surface area contributed by atoms with Crippen molar-refractivity contribution in [2.24, 2.45) is 0 Å². The quantitative estimate of drug-likeness (QED) is 0.432. The lowest BCUT2D eigenvalue weighted by Crippen LogP contribution is -2.41. The lowest BCUT2D eigenvalue weighted by molar-refractivity contribution is 0.0298. The second-order valence-electron chi connectivity index (χ2n) is 8.08. The number of rotatable bonds is 7. The second kappa shape index (κ2) is 9.94. The van der Waals surface area contributed by atoms with E-state index in [-0.39, 0.29) is 5.91 Å². The smallest absolute Gasteiger partial charge is 0.257 e. The number of benzene rings is 1. The van der Waals surface area contributed by atoms with Crippen LogP contribution < -0.4 is 20.1 Å². The Hall–Kier alpha value is -3.24. The zero-order valence-corrected chi connectivity index (χ0v) is 19.7. The van der Waals surface area contributed by atoms with Crippen molar-refractivity contribution < 1.29 is 19.0 Å². The molecule has 0 bridgehead atoms. The highest BCUT2D eigenvalue weighted by molar-refractivity contribution is 6.36. The molecule has 3 N–H and O–H groups in total. The molecule has 11 heteroatoms. The van der Waals surface area contributed by atoms with Crippen molar-refractivity contribution in [2.75, 3.05) is 56.7 Å². The van der Waals surface area contributed by atoms with Gasteiger partial charge in [-0.2, -0.15) is 9.97 Å². The summed E-state index contributed by atoms with van der Waals surface area (Å²) in [7, 11) is 0. The van der Waals surface area contributed by atoms with Crippen molar-refractivity contribution in [2.45, 2.75) is 19.8 Å². The number of morpholine rings is 1. The number of nitrogens with zero attached hydrogens (tertiary/aromatic N) is 3. The molecule has 4 heterocycles. The maximum Gasteiger partial charge on any atom is 0.257 e. The molecule has 180 valence electrons. The van der Waals surface area contributed by atoms with Crippen molar-refractivity contribution in [3.63, 3.8) is 0 Å². The Balaban J connectivity index is 1.47. The van der Waals surface area contributed by atoms with E-state index in [1.807, 2.05) is 0 Å². The van der Waals surface area contributed by atoms with Gasteiger partial charge in [0, 0.05) is 25.8 Å². The number of fused-ring (bicyclic) bond motifs is 2. The molecule has 0 saturated carbocycles. The zero-order chi connectivity index (χ0) is 23.5. The Morgan fingerprint density at radius 1 is 1.15 bits per heavy atom. The van der Waals surface area contributed by atoms with Crippen molar-refractivity contribution >= 4 is 46.0 Å². The standard InChI is InChI=1S/C23H27ClN6O4/c1-2-3-6-25-20-17-15(24)13-26-21(17)29-23(28-20)27-16-5-4-14(18-19(16)34-12-11-33-18)22(31)30-7-9-32-10-8-30/h4-5,13H,2-3,6-12H2,1H3,(H3,25,26,27,28,29). The molecule has 1 fully saturated rings. The number of anilines is 3. The fourth-order valence-electron chi connectivity index (χ4n) is 4.02. The number of carbonyl (C=O) groups excluding carboxylic acids is 1. The number of hydrogen-bond donors (Lipinski definition) is 3. The largest absolute Gasteiger partial charge is 0.485 e. The third kappa shape index (κ3) is 4.43. The van der Waals surface area contributed by atoms with Crippen LogP contribution in [-0.2, 0) is 4.74 Å². The molecule has 2 aliphatic heterocycles. The van der Waals surface area contributed by atoms with Crippen LogP contribution >= 0.6 is 11.6 Å². The monoisotopic (exact) mass is 486 g/mol. The number of ether oxygens (including phenoxy) is 3. The minimum absolute atomic E-state index is 0.0993. The molecule has 2 aromatic heterocycles. The van der Waals surface area contributed by atoms with Crippen LogP contribution in [0.5, 0.6) is 11.5 Å². The first kappa shape index (κ1) is 22.5. The minimum atomic E-state index is -0.0993. The molecule has 2 aliphatic rings. The molecule has 1 saturated heterocycles. The lowest BCUT2D eigenvalue weighted by Gasteiger charge is -2.29. The molecule has 1 aromatic carbocycles. The summed E-state index contributed by atoms with van der Waals surface area (Å²) in [5.74, 6) is 1.82. The Labute approximate surface area is 201 Å². The predicted octanol–water partition coefficient (Wildman–Crippen LogP) is 3.81. The van der Waals surface area contributed by atoms with Crippen LogP contribution in [0.3, 0.4) is 0 Å². The Morgan fingerprint density at radius 2 is 1.94 bits per heavy atom. The molecule has 0 atom stereocenters. The van der Waals surface area contributed by atoms with E-state index in [0.29, 0.717) is 84.7 Å². The maximum absolute atomic E-state index is 13.1. The highest BCUT2D eigenvalue weighted by Gasteiger charge is 2.28. The van der Waals surface area contributed by atoms with Gasteiger partial charge >= 0.3 is 0 Å². The fourth-order valence-corrected chi connectivity index (χ4v) is 4.26. The fraction of sp³-hybridized carbons (Fsp3) is 0.435. The highest BCUT2D eigenvalue weighted by atomic mass is 35.5. The Bertz CT molecular complexity index is 1190. The van der Waals surface area contributed by atoms with Gasteiger partial charge in [-0.25, -0.2) is 0 Å². The minimum Gasteiger partial charge on any atom is -0.485 e. The maximum atomic E-state index is 13.1. The van der Waals surface area contributed by atoms with Crippen molar-refractivity contribution in [1.82, 2.24) is 19.9 Å². The van der Waals surface area contributed by atoms with Crippen molar-refractivity contribution in [1.29, 1.82) is 0 Å². The summed E-state index contributed by atoms with van der Waals surface area (Å²) >= 11 is 6.36. The summed E-state index contributed by atoms with van der Waals surface area (Å²) in [6.45, 7) is 5.82. The van der Waals surface area contributed by atoms with Gasteiger partial charge in [-0.05, 0) is 18.6 Å². The zero-order valence-electron chi connectivity index (χ0n) is 18.9. The normalized spacial score (nSPS) is 15.4. The van der Waals surface area contributed by atoms with E-state index in [9.17, 15) is 4.79 Å². The second-order valence-corrected chi connectivity index (χ2v) is 8.49. The van der Waals surface area contributed by atoms with Crippen LogP contribution in [0, 0.1) is 0 Å². The van der Waals surface area contributed by atoms with Gasteiger partial charge in [0.25, 0.3) is 5.91 Å². The summed E-state index contributed by atoms with van der Waals surface area (Å²) in [6, 6.07) is 3.54. The van der Waals surface area contributed by atoms with E-state index < -0.39 is 0 Å². The molecule has 0 spiro atoms. The van der Waals surface area contributed by atoms with Gasteiger partial charge < -0.3 is 34.7 Å². The molecule has 10 nitrogen and oxygen atoms in total. The SMILES string of the molecule is CCCCNc1nc(Nc2ccc(C(=O)N3CCOCC3)c3c2OCCO3)nc2[nH]cc(Cl)c12. The molecule has 5 rings (SSSR count). The van der Waals surface area contributed by atoms with Gasteiger partial charge in [-0.3, -0.25) is 4.79 Å². The van der Waals surface area contributed by atoms with E-state index in [1.54, 1.807) is 23.2 Å². The number of halogens is 1. The number of aromatic amines is 1. The van der Waals surface area contributed by atoms with Crippen LogP contribution in [0.15, 0.2) is 18.3 Å². The van der Waals surface area contributed by atoms with Crippen LogP contribution in [0.4, 0.5) is 17.5 Å². The number of amides is 1. The van der Waals surface area contributed by atoms with E-state index >= 15 is 0 Å². The number of aromatic nitrogens is 3. The lowest BCUT2D eigenvalue weighted by atomic mass is 10.1. The van der Waals surface area contributed by atoms with Gasteiger partial charge in [-0.15, -0.1) is 0 Å². The van der Waals surface area contributed by atoms with Gasteiger partial charge in [0.15, 0.2) is 11.5 Å². The average Bonchev–Trinajstić information content (AvgIpc) is 3.25. The first-order chi connectivity index (χ1) is 16.7. The number of carbonyl (C=O) groups is 1. The molecule has 0 radical (unpaired) electrons. The molecule has 0 unspecified atom stereocenters. The van der Waals surface area contributed by atoms with Crippen LogP contribution in [-0.4, -0.2) is 71.8 Å². The van der Waals surface area contributed by atoms with E-state index in [2.05, 4.69) is 32.5 Å². The van der Waals surface area contributed by atoms with Crippen LogP contribution in [0.1, 0.15) is 30.1 Å². The number of nitrogens with one attached hydrogen (secondary N) is 3. The summed E-state index contributed by atoms with van der Waals surface area (Å²) in [4.78, 5) is 27.2. The molecule has 1 amide bonds. The number of H-pyrrole nitrogens is 1. The summed E-state index contributed by atoms with van der Waals surface area (Å²) in [5, 5.41) is 7.89. The third-order valence-electron chi connectivity index (χ3n) is 5.77. The highest BCUT2D eigenvalue weighted by Crippen LogP contribution is 2.42. The predicted molar refractivity (Wildman–Crippen MR) is 130 cm³/mol. The Morgan fingerprint density at radius 3 is 2.74 bits per heavy atom. The average molecular weight is 487 g/mol. The first-order valence-electron chi connectivity index (χ1n) is 11.5. The molecule has 0 aliphatic carbocycles. The van der Waals surface area contributed by atoms with Gasteiger partial charge in [0.05, 0.1) is 34.9 Å². The van der Waals surface area contributed by atoms with Crippen LogP contribution in [0.2, 0.25) is 5.02 Å². The van der Waals surface area contributed by atoms with Gasteiger partial charge in [-0.1, -0.05) is 24.9 Å². The number of hydrogen-bond acceptors (Lipinski definition) is 8. The van der Waals surface area contributed by atoms with Crippen molar-refractivity contribution in [3.8, 4) is 11.5 Å². The molecular formula is C23H27ClN6O4. The van der Waals surface area contributed by atoms with E-state index in [4.69, 9.17) is 25.8 Å². The first-order valence-corrected chi connectivity index (χ1v) is 11.9. The Kier molecular flexibility index (Phi) is 6.59. The molecular weight excluding hydrogens is 460 g/mol.